The Labute approximate surface area is 197 Å². The number of carbonyl (C=O) groups is 1. The largest absolute Gasteiger partial charge is 0.447 e. The Morgan fingerprint density at radius 2 is 1.73 bits per heavy atom. The van der Waals surface area contributed by atoms with Gasteiger partial charge >= 0.3 is 0 Å². The van der Waals surface area contributed by atoms with Crippen molar-refractivity contribution in [2.24, 2.45) is 5.92 Å². The second-order valence-electron chi connectivity index (χ2n) is 8.15. The van der Waals surface area contributed by atoms with Gasteiger partial charge < -0.3 is 9.73 Å². The maximum atomic E-state index is 12.4. The number of aromatic nitrogens is 4. The Bertz CT molecular complexity index is 1190. The van der Waals surface area contributed by atoms with E-state index in [1.54, 1.807) is 0 Å². The summed E-state index contributed by atoms with van der Waals surface area (Å²) in [6, 6.07) is 20.3. The fourth-order valence-corrected chi connectivity index (χ4v) is 4.00. The van der Waals surface area contributed by atoms with Crippen LogP contribution in [0.15, 0.2) is 76.5 Å². The predicted molar refractivity (Wildman–Crippen MR) is 128 cm³/mol. The average molecular weight is 462 g/mol. The van der Waals surface area contributed by atoms with Crippen LogP contribution in [0, 0.1) is 5.92 Å². The van der Waals surface area contributed by atoms with Crippen LogP contribution in [0.3, 0.4) is 0 Å². The van der Waals surface area contributed by atoms with Gasteiger partial charge in [0.2, 0.25) is 5.89 Å². The van der Waals surface area contributed by atoms with Crippen LogP contribution in [-0.2, 0) is 12.2 Å². The fourth-order valence-electron chi connectivity index (χ4n) is 3.18. The number of nitrogens with one attached hydrogen (secondary N) is 1. The van der Waals surface area contributed by atoms with Crippen molar-refractivity contribution in [3.63, 3.8) is 0 Å². The molecule has 0 saturated heterocycles. The van der Waals surface area contributed by atoms with Gasteiger partial charge in [-0.2, -0.15) is 0 Å². The van der Waals surface area contributed by atoms with Crippen molar-refractivity contribution in [1.29, 1.82) is 0 Å². The molecule has 0 spiro atoms. The summed E-state index contributed by atoms with van der Waals surface area (Å²) >= 11 is 1.47. The van der Waals surface area contributed by atoms with E-state index in [1.165, 1.54) is 18.0 Å². The number of rotatable bonds is 9. The molecule has 1 N–H and O–H groups in total. The molecular weight excluding hydrogens is 434 g/mol. The van der Waals surface area contributed by atoms with Gasteiger partial charge in [-0.05, 0) is 30.5 Å². The Morgan fingerprint density at radius 3 is 2.42 bits per heavy atom. The molecule has 0 aliphatic heterocycles. The first kappa shape index (κ1) is 22.8. The number of benzene rings is 2. The minimum atomic E-state index is -0.228. The van der Waals surface area contributed by atoms with E-state index in [2.05, 4.69) is 51.0 Å². The molecule has 0 saturated carbocycles. The molecule has 4 aromatic rings. The van der Waals surface area contributed by atoms with E-state index >= 15 is 0 Å². The number of hydrogen-bond donors (Lipinski definition) is 1. The average Bonchev–Trinajstić information content (AvgIpc) is 3.46. The van der Waals surface area contributed by atoms with E-state index in [0.717, 1.165) is 22.2 Å². The lowest BCUT2D eigenvalue weighted by atomic mass is 10.1. The summed E-state index contributed by atoms with van der Waals surface area (Å²) in [5, 5.41) is 12.6. The lowest BCUT2D eigenvalue weighted by Crippen LogP contribution is -2.36. The minimum Gasteiger partial charge on any atom is -0.447 e. The van der Waals surface area contributed by atoms with Crippen molar-refractivity contribution >= 4 is 17.7 Å². The molecule has 8 heteroatoms. The van der Waals surface area contributed by atoms with Crippen molar-refractivity contribution < 1.29 is 9.21 Å². The summed E-state index contributed by atoms with van der Waals surface area (Å²) in [4.78, 5) is 16.8. The molecule has 2 heterocycles. The van der Waals surface area contributed by atoms with Crippen LogP contribution in [0.1, 0.15) is 48.5 Å². The Hall–Kier alpha value is -3.39. The Kier molecular flexibility index (Phi) is 7.24. The van der Waals surface area contributed by atoms with Crippen LogP contribution in [-0.4, -0.2) is 31.7 Å². The van der Waals surface area contributed by atoms with E-state index in [4.69, 9.17) is 4.42 Å². The summed E-state index contributed by atoms with van der Waals surface area (Å²) in [6.07, 6.45) is 2.07. The lowest BCUT2D eigenvalue weighted by molar-refractivity contribution is 0.0925. The van der Waals surface area contributed by atoms with Crippen LogP contribution in [0.2, 0.25) is 0 Å². The van der Waals surface area contributed by atoms with E-state index in [1.807, 2.05) is 55.5 Å². The first-order valence-corrected chi connectivity index (χ1v) is 11.9. The summed E-state index contributed by atoms with van der Waals surface area (Å²) in [7, 11) is 0. The molecule has 2 aromatic heterocycles. The molecule has 0 aliphatic carbocycles. The van der Waals surface area contributed by atoms with Gasteiger partial charge in [-0.3, -0.25) is 9.36 Å². The first-order chi connectivity index (χ1) is 16.0. The highest BCUT2D eigenvalue weighted by atomic mass is 32.2. The maximum Gasteiger partial charge on any atom is 0.273 e. The number of thioether (sulfide) groups is 1. The molecule has 1 atom stereocenters. The highest BCUT2D eigenvalue weighted by Gasteiger charge is 2.19. The highest BCUT2D eigenvalue weighted by molar-refractivity contribution is 7.98. The number of carbonyl (C=O) groups excluding carboxylic acids is 1. The fraction of sp³-hybridized carbons (Fsp3) is 0.280. The van der Waals surface area contributed by atoms with Gasteiger partial charge in [-0.25, -0.2) is 4.98 Å². The third kappa shape index (κ3) is 5.70. The second-order valence-corrected chi connectivity index (χ2v) is 9.10. The second kappa shape index (κ2) is 10.5. The standard InChI is InChI=1S/C25H27N5O2S/c1-17(2)18(3)26-24(31)21-15-32-23(27-21)16-33-25-29-28-22(14-19-10-6-4-7-11-19)30(25)20-12-8-5-9-13-20/h4-13,15,17-18H,14,16H2,1-3H3,(H,26,31). The molecule has 0 radical (unpaired) electrons. The number of hydrogen-bond acceptors (Lipinski definition) is 6. The summed E-state index contributed by atoms with van der Waals surface area (Å²) in [6.45, 7) is 6.10. The normalized spacial score (nSPS) is 12.1. The predicted octanol–water partition coefficient (Wildman–Crippen LogP) is 4.91. The monoisotopic (exact) mass is 461 g/mol. The third-order valence-corrected chi connectivity index (χ3v) is 6.30. The van der Waals surface area contributed by atoms with Crippen molar-refractivity contribution in [2.45, 2.75) is 44.1 Å². The molecule has 1 unspecified atom stereocenters. The summed E-state index contributed by atoms with van der Waals surface area (Å²) in [5.74, 6) is 1.86. The molecule has 1 amide bonds. The molecular formula is C25H27N5O2S. The van der Waals surface area contributed by atoms with E-state index in [-0.39, 0.29) is 17.6 Å². The van der Waals surface area contributed by atoms with Crippen LogP contribution < -0.4 is 5.32 Å². The van der Waals surface area contributed by atoms with Gasteiger partial charge in [0.15, 0.2) is 10.9 Å². The van der Waals surface area contributed by atoms with Gasteiger partial charge in [0.1, 0.15) is 12.1 Å². The number of nitrogens with zero attached hydrogens (tertiary/aromatic N) is 4. The van der Waals surface area contributed by atoms with Gasteiger partial charge in [-0.1, -0.05) is 74.1 Å². The number of para-hydroxylation sites is 1. The van der Waals surface area contributed by atoms with Gasteiger partial charge in [0.25, 0.3) is 5.91 Å². The third-order valence-electron chi connectivity index (χ3n) is 5.39. The molecule has 7 nitrogen and oxygen atoms in total. The first-order valence-electron chi connectivity index (χ1n) is 10.9. The zero-order valence-electron chi connectivity index (χ0n) is 18.9. The number of oxazole rings is 1. The Morgan fingerprint density at radius 1 is 1.03 bits per heavy atom. The molecule has 0 bridgehead atoms. The SMILES string of the molecule is CC(C)C(C)NC(=O)c1coc(CSc2nnc(Cc3ccccc3)n2-c2ccccc2)n1. The summed E-state index contributed by atoms with van der Waals surface area (Å²) < 4.78 is 7.60. The van der Waals surface area contributed by atoms with Crippen molar-refractivity contribution in [3.05, 3.63) is 89.9 Å². The van der Waals surface area contributed by atoms with Crippen molar-refractivity contribution in [1.82, 2.24) is 25.1 Å². The van der Waals surface area contributed by atoms with Crippen molar-refractivity contribution in [2.75, 3.05) is 0 Å². The molecule has 0 aliphatic rings. The quantitative estimate of drug-likeness (QED) is 0.356. The summed E-state index contributed by atoms with van der Waals surface area (Å²) in [5.41, 5.74) is 2.44. The lowest BCUT2D eigenvalue weighted by Gasteiger charge is -2.16. The van der Waals surface area contributed by atoms with Gasteiger partial charge in [-0.15, -0.1) is 10.2 Å². The highest BCUT2D eigenvalue weighted by Crippen LogP contribution is 2.26. The molecule has 33 heavy (non-hydrogen) atoms. The van der Waals surface area contributed by atoms with E-state index in [0.29, 0.717) is 24.0 Å². The van der Waals surface area contributed by atoms with Crippen LogP contribution >= 0.6 is 11.8 Å². The van der Waals surface area contributed by atoms with E-state index in [9.17, 15) is 4.79 Å². The van der Waals surface area contributed by atoms with Crippen LogP contribution in [0.5, 0.6) is 0 Å². The van der Waals surface area contributed by atoms with Crippen LogP contribution in [0.25, 0.3) is 5.69 Å². The zero-order valence-corrected chi connectivity index (χ0v) is 19.7. The van der Waals surface area contributed by atoms with E-state index < -0.39 is 0 Å². The minimum absolute atomic E-state index is 0.0551. The molecule has 2 aromatic carbocycles. The molecule has 4 rings (SSSR count). The molecule has 0 fully saturated rings. The van der Waals surface area contributed by atoms with Gasteiger partial charge in [0, 0.05) is 18.2 Å². The van der Waals surface area contributed by atoms with Crippen LogP contribution in [0.4, 0.5) is 0 Å². The van der Waals surface area contributed by atoms with Gasteiger partial charge in [0.05, 0.1) is 5.75 Å². The topological polar surface area (TPSA) is 85.8 Å². The smallest absolute Gasteiger partial charge is 0.273 e. The van der Waals surface area contributed by atoms with Crippen molar-refractivity contribution in [3.8, 4) is 5.69 Å². The Balaban J connectivity index is 1.51. The number of amides is 1. The zero-order chi connectivity index (χ0) is 23.2. The maximum absolute atomic E-state index is 12.4. The molecule has 170 valence electrons.